The third-order valence-corrected chi connectivity index (χ3v) is 3.36. The third-order valence-electron chi connectivity index (χ3n) is 3.36. The van der Waals surface area contributed by atoms with Crippen LogP contribution in [0.25, 0.3) is 0 Å². The van der Waals surface area contributed by atoms with Crippen LogP contribution in [0, 0.1) is 0 Å². The summed E-state index contributed by atoms with van der Waals surface area (Å²) in [7, 11) is 0. The lowest BCUT2D eigenvalue weighted by Crippen LogP contribution is -2.44. The van der Waals surface area contributed by atoms with Gasteiger partial charge < -0.3 is 15.2 Å². The molecular weight excluding hydrogens is 178 g/mol. The molecule has 2 N–H and O–H groups in total. The monoisotopic (exact) mass is 199 g/mol. The van der Waals surface area contributed by atoms with Crippen LogP contribution in [0.5, 0.6) is 0 Å². The molecule has 1 heterocycles. The van der Waals surface area contributed by atoms with E-state index in [0.717, 1.165) is 26.0 Å². The predicted molar refractivity (Wildman–Crippen MR) is 55.2 cm³/mol. The highest BCUT2D eigenvalue weighted by Gasteiger charge is 2.24. The lowest BCUT2D eigenvalue weighted by molar-refractivity contribution is 0.0696. The summed E-state index contributed by atoms with van der Waals surface area (Å²) in [6, 6.07) is 0.313. The van der Waals surface area contributed by atoms with Gasteiger partial charge in [0.2, 0.25) is 0 Å². The van der Waals surface area contributed by atoms with Gasteiger partial charge in [-0.1, -0.05) is 12.8 Å². The summed E-state index contributed by atoms with van der Waals surface area (Å²) >= 11 is 0. The van der Waals surface area contributed by atoms with E-state index in [0.29, 0.717) is 12.1 Å². The van der Waals surface area contributed by atoms with E-state index in [2.05, 4.69) is 5.32 Å². The maximum Gasteiger partial charge on any atom is 0.0700 e. The van der Waals surface area contributed by atoms with Crippen molar-refractivity contribution in [3.05, 3.63) is 0 Å². The molecule has 14 heavy (non-hydrogen) atoms. The lowest BCUT2D eigenvalue weighted by Gasteiger charge is -2.29. The van der Waals surface area contributed by atoms with Gasteiger partial charge in [0.25, 0.3) is 0 Å². The Morgan fingerprint density at radius 1 is 1.14 bits per heavy atom. The summed E-state index contributed by atoms with van der Waals surface area (Å²) < 4.78 is 5.54. The Balaban J connectivity index is 1.67. The molecule has 3 heteroatoms. The van der Waals surface area contributed by atoms with Gasteiger partial charge in [-0.3, -0.25) is 0 Å². The number of rotatable bonds is 3. The van der Waals surface area contributed by atoms with Crippen LogP contribution in [0.2, 0.25) is 0 Å². The number of aliphatic hydroxyl groups is 1. The van der Waals surface area contributed by atoms with E-state index in [4.69, 9.17) is 4.74 Å². The highest BCUT2D eigenvalue weighted by molar-refractivity contribution is 4.81. The maximum absolute atomic E-state index is 9.74. The van der Waals surface area contributed by atoms with Gasteiger partial charge in [0, 0.05) is 19.2 Å². The molecule has 0 aromatic carbocycles. The normalized spacial score (nSPS) is 38.8. The van der Waals surface area contributed by atoms with Crippen molar-refractivity contribution in [1.29, 1.82) is 0 Å². The molecule has 1 saturated heterocycles. The Hall–Kier alpha value is -0.120. The van der Waals surface area contributed by atoms with Crippen molar-refractivity contribution in [2.45, 2.75) is 56.8 Å². The molecule has 2 fully saturated rings. The maximum atomic E-state index is 9.74. The van der Waals surface area contributed by atoms with Gasteiger partial charge in [-0.25, -0.2) is 0 Å². The number of nitrogens with one attached hydrogen (secondary N) is 1. The fraction of sp³-hybridized carbons (Fsp3) is 1.00. The number of hydrogen-bond donors (Lipinski definition) is 2. The molecule has 0 spiro atoms. The molecule has 1 saturated carbocycles. The van der Waals surface area contributed by atoms with Gasteiger partial charge in [-0.2, -0.15) is 0 Å². The summed E-state index contributed by atoms with van der Waals surface area (Å²) in [6.45, 7) is 1.83. The van der Waals surface area contributed by atoms with Gasteiger partial charge in [0.15, 0.2) is 0 Å². The van der Waals surface area contributed by atoms with Crippen molar-refractivity contribution in [1.82, 2.24) is 5.32 Å². The van der Waals surface area contributed by atoms with E-state index >= 15 is 0 Å². The smallest absolute Gasteiger partial charge is 0.0700 e. The first-order chi connectivity index (χ1) is 6.86. The minimum Gasteiger partial charge on any atom is -0.392 e. The SMILES string of the molecule is O[C@@H]1CCCC[C@H]1NC[C@@H]1CCCO1. The van der Waals surface area contributed by atoms with E-state index in [9.17, 15) is 5.11 Å². The fourth-order valence-electron chi connectivity index (χ4n) is 2.44. The van der Waals surface area contributed by atoms with Crippen LogP contribution >= 0.6 is 0 Å². The molecule has 2 aliphatic rings. The minimum absolute atomic E-state index is 0.134. The van der Waals surface area contributed by atoms with Gasteiger partial charge in [0.1, 0.15) is 0 Å². The first-order valence-corrected chi connectivity index (χ1v) is 5.89. The molecule has 0 radical (unpaired) electrons. The zero-order valence-corrected chi connectivity index (χ0v) is 8.74. The fourth-order valence-corrected chi connectivity index (χ4v) is 2.44. The Bertz CT molecular complexity index is 169. The molecule has 0 aromatic heterocycles. The lowest BCUT2D eigenvalue weighted by atomic mass is 9.92. The Labute approximate surface area is 85.8 Å². The topological polar surface area (TPSA) is 41.5 Å². The molecule has 82 valence electrons. The third kappa shape index (κ3) is 2.69. The molecule has 2 rings (SSSR count). The summed E-state index contributed by atoms with van der Waals surface area (Å²) in [6.07, 6.45) is 7.14. The van der Waals surface area contributed by atoms with E-state index in [-0.39, 0.29) is 6.10 Å². The summed E-state index contributed by atoms with van der Waals surface area (Å²) in [5.74, 6) is 0. The van der Waals surface area contributed by atoms with Crippen LogP contribution < -0.4 is 5.32 Å². The number of hydrogen-bond acceptors (Lipinski definition) is 3. The molecule has 1 aliphatic heterocycles. The Kier molecular flexibility index (Phi) is 3.79. The highest BCUT2D eigenvalue weighted by Crippen LogP contribution is 2.19. The van der Waals surface area contributed by atoms with Crippen LogP contribution in [0.1, 0.15) is 38.5 Å². The van der Waals surface area contributed by atoms with Gasteiger partial charge in [0.05, 0.1) is 12.2 Å². The Morgan fingerprint density at radius 3 is 2.71 bits per heavy atom. The first kappa shape index (κ1) is 10.4. The van der Waals surface area contributed by atoms with E-state index in [1.807, 2.05) is 0 Å². The molecule has 0 bridgehead atoms. The van der Waals surface area contributed by atoms with E-state index in [1.165, 1.54) is 25.7 Å². The average molecular weight is 199 g/mol. The van der Waals surface area contributed by atoms with Crippen molar-refractivity contribution < 1.29 is 9.84 Å². The molecule has 1 aliphatic carbocycles. The van der Waals surface area contributed by atoms with Crippen molar-refractivity contribution in [2.75, 3.05) is 13.2 Å². The highest BCUT2D eigenvalue weighted by atomic mass is 16.5. The molecule has 0 aromatic rings. The molecule has 0 unspecified atom stereocenters. The molecule has 3 atom stereocenters. The Morgan fingerprint density at radius 2 is 2.00 bits per heavy atom. The van der Waals surface area contributed by atoms with Crippen molar-refractivity contribution >= 4 is 0 Å². The zero-order chi connectivity index (χ0) is 9.80. The van der Waals surface area contributed by atoms with Crippen LogP contribution in [0.15, 0.2) is 0 Å². The molecule has 3 nitrogen and oxygen atoms in total. The van der Waals surface area contributed by atoms with Crippen LogP contribution in [-0.2, 0) is 4.74 Å². The van der Waals surface area contributed by atoms with Gasteiger partial charge >= 0.3 is 0 Å². The van der Waals surface area contributed by atoms with Crippen molar-refractivity contribution in [2.24, 2.45) is 0 Å². The second kappa shape index (κ2) is 5.10. The number of ether oxygens (including phenoxy) is 1. The largest absolute Gasteiger partial charge is 0.392 e. The zero-order valence-electron chi connectivity index (χ0n) is 8.74. The van der Waals surface area contributed by atoms with Gasteiger partial charge in [-0.15, -0.1) is 0 Å². The quantitative estimate of drug-likeness (QED) is 0.714. The standard InChI is InChI=1S/C11H21NO2/c13-11-6-2-1-5-10(11)12-8-9-4-3-7-14-9/h9-13H,1-8H2/t9-,10+,11+/m0/s1. The molecular formula is C11H21NO2. The summed E-state index contributed by atoms with van der Waals surface area (Å²) in [5.41, 5.74) is 0. The predicted octanol–water partition coefficient (Wildman–Crippen LogP) is 1.06. The van der Waals surface area contributed by atoms with Crippen molar-refractivity contribution in [3.8, 4) is 0 Å². The first-order valence-electron chi connectivity index (χ1n) is 5.89. The van der Waals surface area contributed by atoms with E-state index in [1.54, 1.807) is 0 Å². The molecule has 0 amide bonds. The van der Waals surface area contributed by atoms with Crippen LogP contribution in [-0.4, -0.2) is 36.5 Å². The summed E-state index contributed by atoms with van der Waals surface area (Å²) in [4.78, 5) is 0. The second-order valence-corrected chi connectivity index (χ2v) is 4.50. The second-order valence-electron chi connectivity index (χ2n) is 4.50. The van der Waals surface area contributed by atoms with Gasteiger partial charge in [-0.05, 0) is 25.7 Å². The average Bonchev–Trinajstić information content (AvgIpc) is 2.69. The number of aliphatic hydroxyl groups excluding tert-OH is 1. The van der Waals surface area contributed by atoms with Crippen molar-refractivity contribution in [3.63, 3.8) is 0 Å². The van der Waals surface area contributed by atoms with E-state index < -0.39 is 0 Å². The van der Waals surface area contributed by atoms with Crippen LogP contribution in [0.3, 0.4) is 0 Å². The summed E-state index contributed by atoms with van der Waals surface area (Å²) in [5, 5.41) is 13.2. The van der Waals surface area contributed by atoms with Crippen LogP contribution in [0.4, 0.5) is 0 Å². The minimum atomic E-state index is -0.134.